The van der Waals surface area contributed by atoms with Gasteiger partial charge in [0.05, 0.1) is 21.1 Å². The largest absolute Gasteiger partial charge is 0.341 e. The molecular formula is C8H7ClN2S2. The first-order chi connectivity index (χ1) is 6.29. The van der Waals surface area contributed by atoms with Gasteiger partial charge in [-0.05, 0) is 12.1 Å². The van der Waals surface area contributed by atoms with Gasteiger partial charge < -0.3 is 4.98 Å². The lowest BCUT2D eigenvalue weighted by Crippen LogP contribution is -1.78. The number of nitrogens with zero attached hydrogens (tertiary/aromatic N) is 1. The molecule has 0 atom stereocenters. The third-order valence-electron chi connectivity index (χ3n) is 1.62. The van der Waals surface area contributed by atoms with Crippen LogP contribution < -0.4 is 0 Å². The van der Waals surface area contributed by atoms with E-state index < -0.39 is 0 Å². The van der Waals surface area contributed by atoms with Crippen molar-refractivity contribution in [3.63, 3.8) is 0 Å². The summed E-state index contributed by atoms with van der Waals surface area (Å²) in [5, 5.41) is 0. The second-order valence-corrected chi connectivity index (χ2v) is 4.54. The molecule has 5 heteroatoms. The van der Waals surface area contributed by atoms with E-state index in [0.717, 1.165) is 20.7 Å². The van der Waals surface area contributed by atoms with E-state index >= 15 is 0 Å². The van der Waals surface area contributed by atoms with Gasteiger partial charge in [-0.15, -0.1) is 11.3 Å². The molecule has 0 saturated carbocycles. The molecule has 0 aromatic carbocycles. The highest BCUT2D eigenvalue weighted by Gasteiger charge is 2.04. The predicted octanol–water partition coefficient (Wildman–Crippen LogP) is 3.22. The molecule has 0 bridgehead atoms. The second-order valence-electron chi connectivity index (χ2n) is 2.51. The Morgan fingerprint density at radius 1 is 1.54 bits per heavy atom. The number of rotatable bonds is 2. The number of thiophene rings is 1. The third kappa shape index (κ3) is 1.90. The fourth-order valence-corrected chi connectivity index (χ4v) is 2.20. The van der Waals surface area contributed by atoms with Crippen molar-refractivity contribution in [2.24, 2.45) is 0 Å². The van der Waals surface area contributed by atoms with Crippen LogP contribution in [0, 0.1) is 0 Å². The highest BCUT2D eigenvalue weighted by Crippen LogP contribution is 2.29. The second kappa shape index (κ2) is 3.74. The minimum atomic E-state index is 0.624. The number of H-pyrrole nitrogens is 1. The van der Waals surface area contributed by atoms with Gasteiger partial charge in [-0.25, -0.2) is 4.98 Å². The fraction of sp³-hybridized carbons (Fsp3) is 0.125. The van der Waals surface area contributed by atoms with Crippen LogP contribution in [0.25, 0.3) is 10.6 Å². The van der Waals surface area contributed by atoms with Crippen LogP contribution in [0.4, 0.5) is 0 Å². The molecule has 0 aliphatic carbocycles. The molecule has 2 heterocycles. The van der Waals surface area contributed by atoms with E-state index in [1.807, 2.05) is 12.1 Å². The van der Waals surface area contributed by atoms with Crippen molar-refractivity contribution in [2.45, 2.75) is 5.75 Å². The van der Waals surface area contributed by atoms with E-state index in [1.165, 1.54) is 11.3 Å². The Bertz CT molecular complexity index is 408. The van der Waals surface area contributed by atoms with Crippen LogP contribution in [0.15, 0.2) is 18.3 Å². The molecule has 2 aromatic heterocycles. The van der Waals surface area contributed by atoms with Crippen LogP contribution >= 0.6 is 35.6 Å². The third-order valence-corrected chi connectivity index (χ3v) is 3.18. The molecule has 2 aromatic rings. The topological polar surface area (TPSA) is 28.7 Å². The van der Waals surface area contributed by atoms with Crippen molar-refractivity contribution in [2.75, 3.05) is 0 Å². The molecule has 0 radical (unpaired) electrons. The van der Waals surface area contributed by atoms with Gasteiger partial charge in [-0.3, -0.25) is 0 Å². The van der Waals surface area contributed by atoms with E-state index in [2.05, 4.69) is 22.6 Å². The van der Waals surface area contributed by atoms with Crippen LogP contribution in [0.1, 0.15) is 5.82 Å². The summed E-state index contributed by atoms with van der Waals surface area (Å²) in [5.74, 6) is 1.50. The Kier molecular flexibility index (Phi) is 2.62. The molecule has 1 N–H and O–H groups in total. The number of imidazole rings is 1. The van der Waals surface area contributed by atoms with Crippen LogP contribution in [0.5, 0.6) is 0 Å². The number of hydrogen-bond donors (Lipinski definition) is 2. The van der Waals surface area contributed by atoms with Crippen molar-refractivity contribution >= 4 is 35.6 Å². The Labute approximate surface area is 90.4 Å². The molecule has 0 unspecified atom stereocenters. The molecule has 2 nitrogen and oxygen atoms in total. The summed E-state index contributed by atoms with van der Waals surface area (Å²) in [6.45, 7) is 0. The predicted molar refractivity (Wildman–Crippen MR) is 59.6 cm³/mol. The van der Waals surface area contributed by atoms with Crippen LogP contribution in [0.2, 0.25) is 4.34 Å². The van der Waals surface area contributed by atoms with Gasteiger partial charge in [0.1, 0.15) is 5.82 Å². The maximum Gasteiger partial charge on any atom is 0.116 e. The molecule has 0 fully saturated rings. The quantitative estimate of drug-likeness (QED) is 0.762. The molecule has 0 saturated heterocycles. The van der Waals surface area contributed by atoms with E-state index in [4.69, 9.17) is 11.6 Å². The summed E-state index contributed by atoms with van der Waals surface area (Å²) in [6.07, 6.45) is 1.80. The summed E-state index contributed by atoms with van der Waals surface area (Å²) in [5.41, 5.74) is 1.00. The van der Waals surface area contributed by atoms with E-state index in [9.17, 15) is 0 Å². The SMILES string of the molecule is SCc1ncc(-c2ccc(Cl)s2)[nH]1. The molecule has 0 spiro atoms. The van der Waals surface area contributed by atoms with Crippen molar-refractivity contribution in [3.8, 4) is 10.6 Å². The average Bonchev–Trinajstić information content (AvgIpc) is 2.71. The number of thiol groups is 1. The van der Waals surface area contributed by atoms with Gasteiger partial charge in [0.2, 0.25) is 0 Å². The van der Waals surface area contributed by atoms with Crippen LogP contribution in [0.3, 0.4) is 0 Å². The average molecular weight is 231 g/mol. The lowest BCUT2D eigenvalue weighted by Gasteiger charge is -1.88. The molecule has 2 rings (SSSR count). The summed E-state index contributed by atoms with van der Waals surface area (Å²) in [6, 6.07) is 3.85. The number of nitrogens with one attached hydrogen (secondary N) is 1. The van der Waals surface area contributed by atoms with Gasteiger partial charge in [0.15, 0.2) is 0 Å². The van der Waals surface area contributed by atoms with Crippen molar-refractivity contribution in [1.82, 2.24) is 9.97 Å². The monoisotopic (exact) mass is 230 g/mol. The van der Waals surface area contributed by atoms with E-state index in [-0.39, 0.29) is 0 Å². The molecule has 0 aliphatic rings. The standard InChI is InChI=1S/C8H7ClN2S2/c9-7-2-1-6(13-7)5-3-10-8(4-12)11-5/h1-3,12H,4H2,(H,10,11). The first kappa shape index (κ1) is 9.12. The molecule has 13 heavy (non-hydrogen) atoms. The van der Waals surface area contributed by atoms with Gasteiger partial charge in [0, 0.05) is 5.75 Å². The van der Waals surface area contributed by atoms with Gasteiger partial charge in [-0.1, -0.05) is 11.6 Å². The minimum Gasteiger partial charge on any atom is -0.341 e. The normalized spacial score (nSPS) is 10.6. The maximum absolute atomic E-state index is 5.82. The minimum absolute atomic E-state index is 0.624. The zero-order valence-corrected chi connectivity index (χ0v) is 9.09. The summed E-state index contributed by atoms with van der Waals surface area (Å²) in [4.78, 5) is 8.41. The molecule has 68 valence electrons. The van der Waals surface area contributed by atoms with E-state index in [0.29, 0.717) is 5.75 Å². The van der Waals surface area contributed by atoms with Crippen molar-refractivity contribution in [3.05, 3.63) is 28.5 Å². The fourth-order valence-electron chi connectivity index (χ4n) is 1.03. The van der Waals surface area contributed by atoms with Crippen LogP contribution in [-0.2, 0) is 5.75 Å². The number of aromatic amines is 1. The molecule has 0 aliphatic heterocycles. The van der Waals surface area contributed by atoms with Crippen molar-refractivity contribution in [1.29, 1.82) is 0 Å². The van der Waals surface area contributed by atoms with Gasteiger partial charge in [0.25, 0.3) is 0 Å². The molecule has 0 amide bonds. The highest BCUT2D eigenvalue weighted by atomic mass is 35.5. The Morgan fingerprint density at radius 2 is 2.38 bits per heavy atom. The maximum atomic E-state index is 5.82. The zero-order valence-electron chi connectivity index (χ0n) is 6.62. The first-order valence-electron chi connectivity index (χ1n) is 3.70. The summed E-state index contributed by atoms with van der Waals surface area (Å²) < 4.78 is 0.789. The number of halogens is 1. The van der Waals surface area contributed by atoms with E-state index in [1.54, 1.807) is 6.20 Å². The zero-order chi connectivity index (χ0) is 9.26. The Balaban J connectivity index is 2.35. The Morgan fingerprint density at radius 3 is 2.92 bits per heavy atom. The summed E-state index contributed by atoms with van der Waals surface area (Å²) in [7, 11) is 0. The number of hydrogen-bond acceptors (Lipinski definition) is 3. The Hall–Kier alpha value is -0.450. The number of aromatic nitrogens is 2. The first-order valence-corrected chi connectivity index (χ1v) is 5.53. The van der Waals surface area contributed by atoms with Gasteiger partial charge >= 0.3 is 0 Å². The van der Waals surface area contributed by atoms with Crippen molar-refractivity contribution < 1.29 is 0 Å². The lowest BCUT2D eigenvalue weighted by molar-refractivity contribution is 1.13. The summed E-state index contributed by atoms with van der Waals surface area (Å²) >= 11 is 11.5. The highest BCUT2D eigenvalue weighted by molar-refractivity contribution is 7.79. The molecular weight excluding hydrogens is 224 g/mol. The van der Waals surface area contributed by atoms with Gasteiger partial charge in [-0.2, -0.15) is 12.6 Å². The van der Waals surface area contributed by atoms with Crippen LogP contribution in [-0.4, -0.2) is 9.97 Å². The lowest BCUT2D eigenvalue weighted by atomic mass is 10.4. The smallest absolute Gasteiger partial charge is 0.116 e.